The first-order valence-corrected chi connectivity index (χ1v) is 6.83. The second-order valence-electron chi connectivity index (χ2n) is 4.95. The Balaban J connectivity index is 2.32. The van der Waals surface area contributed by atoms with E-state index in [4.69, 9.17) is 0 Å². The summed E-state index contributed by atoms with van der Waals surface area (Å²) in [5, 5.41) is 0.791. The molecule has 2 aromatic heterocycles. The van der Waals surface area contributed by atoms with Crippen LogP contribution in [0, 0.1) is 0 Å². The van der Waals surface area contributed by atoms with Gasteiger partial charge in [-0.25, -0.2) is 4.98 Å². The second-order valence-corrected chi connectivity index (χ2v) is 4.95. The van der Waals surface area contributed by atoms with Crippen molar-refractivity contribution in [1.29, 1.82) is 0 Å². The summed E-state index contributed by atoms with van der Waals surface area (Å²) in [7, 11) is 0. The van der Waals surface area contributed by atoms with E-state index < -0.39 is 12.0 Å². The van der Waals surface area contributed by atoms with Crippen LogP contribution in [0.4, 0.5) is 13.2 Å². The number of benzene rings is 1. The molecule has 3 rings (SSSR count). The Labute approximate surface area is 119 Å². The van der Waals surface area contributed by atoms with Gasteiger partial charge in [0.05, 0.1) is 11.0 Å². The average Bonchev–Trinajstić information content (AvgIpc) is 2.84. The van der Waals surface area contributed by atoms with Crippen molar-refractivity contribution in [1.82, 2.24) is 14.5 Å². The van der Waals surface area contributed by atoms with Crippen LogP contribution in [0.2, 0.25) is 0 Å². The minimum atomic E-state index is -4.46. The van der Waals surface area contributed by atoms with Crippen molar-refractivity contribution in [2.24, 2.45) is 0 Å². The third kappa shape index (κ3) is 2.34. The van der Waals surface area contributed by atoms with Crippen LogP contribution >= 0.6 is 0 Å². The molecule has 0 amide bonds. The molecule has 0 saturated carbocycles. The summed E-state index contributed by atoms with van der Waals surface area (Å²) in [4.78, 5) is 8.02. The maximum Gasteiger partial charge on any atom is 0.449 e. The molecule has 21 heavy (non-hydrogen) atoms. The zero-order valence-electron chi connectivity index (χ0n) is 11.5. The number of unbranched alkanes of at least 4 members (excludes halogenated alkanes) is 1. The van der Waals surface area contributed by atoms with E-state index in [1.807, 2.05) is 13.0 Å². The van der Waals surface area contributed by atoms with Gasteiger partial charge in [0.1, 0.15) is 5.52 Å². The van der Waals surface area contributed by atoms with Crippen molar-refractivity contribution in [3.63, 3.8) is 0 Å². The summed E-state index contributed by atoms with van der Waals surface area (Å²) in [6, 6.07) is 7.05. The van der Waals surface area contributed by atoms with Crippen LogP contribution in [0.5, 0.6) is 0 Å². The molecule has 0 aliphatic rings. The van der Waals surface area contributed by atoms with Gasteiger partial charge in [0, 0.05) is 18.1 Å². The highest BCUT2D eigenvalue weighted by atomic mass is 19.4. The number of nitrogens with zero attached hydrogens (tertiary/aromatic N) is 3. The smallest absolute Gasteiger partial charge is 0.320 e. The van der Waals surface area contributed by atoms with Crippen LogP contribution in [-0.2, 0) is 12.7 Å². The maximum atomic E-state index is 13.2. The third-order valence-electron chi connectivity index (χ3n) is 3.48. The van der Waals surface area contributed by atoms with Gasteiger partial charge in [-0.15, -0.1) is 0 Å². The molecule has 0 aliphatic carbocycles. The molecular weight excluding hydrogens is 279 g/mol. The predicted octanol–water partition coefficient (Wildman–Crippen LogP) is 4.40. The highest BCUT2D eigenvalue weighted by Crippen LogP contribution is 2.33. The number of pyridine rings is 1. The number of hydrogen-bond acceptors (Lipinski definition) is 2. The van der Waals surface area contributed by atoms with Crippen LogP contribution in [0.15, 0.2) is 30.5 Å². The van der Waals surface area contributed by atoms with Gasteiger partial charge in [-0.2, -0.15) is 13.2 Å². The van der Waals surface area contributed by atoms with Crippen LogP contribution < -0.4 is 0 Å². The Morgan fingerprint density at radius 2 is 1.95 bits per heavy atom. The molecular formula is C15H14F3N3. The highest BCUT2D eigenvalue weighted by molar-refractivity contribution is 6.01. The molecule has 3 nitrogen and oxygen atoms in total. The van der Waals surface area contributed by atoms with Crippen molar-refractivity contribution in [3.05, 3.63) is 36.3 Å². The van der Waals surface area contributed by atoms with E-state index in [1.54, 1.807) is 24.4 Å². The zero-order valence-corrected chi connectivity index (χ0v) is 11.5. The Morgan fingerprint density at radius 1 is 1.14 bits per heavy atom. The van der Waals surface area contributed by atoms with E-state index in [2.05, 4.69) is 9.97 Å². The topological polar surface area (TPSA) is 30.7 Å². The molecule has 110 valence electrons. The molecule has 0 bridgehead atoms. The normalized spacial score (nSPS) is 12.4. The van der Waals surface area contributed by atoms with Gasteiger partial charge in [-0.3, -0.25) is 4.98 Å². The van der Waals surface area contributed by atoms with Crippen molar-refractivity contribution < 1.29 is 13.2 Å². The Hall–Kier alpha value is -2.11. The van der Waals surface area contributed by atoms with E-state index in [0.717, 1.165) is 11.8 Å². The minimum absolute atomic E-state index is 0.306. The standard InChI is InChI=1S/C15H14F3N3/c1-2-3-9-21-11-7-6-10-5-4-8-19-12(10)13(11)20-14(21)15(16,17)18/h4-8H,2-3,9H2,1H3. The van der Waals surface area contributed by atoms with Crippen molar-refractivity contribution in [2.45, 2.75) is 32.5 Å². The molecule has 0 radical (unpaired) electrons. The molecule has 0 unspecified atom stereocenters. The van der Waals surface area contributed by atoms with Crippen molar-refractivity contribution in [2.75, 3.05) is 0 Å². The molecule has 1 aromatic carbocycles. The van der Waals surface area contributed by atoms with Gasteiger partial charge in [-0.05, 0) is 18.6 Å². The Kier molecular flexibility index (Phi) is 3.31. The lowest BCUT2D eigenvalue weighted by atomic mass is 10.2. The lowest BCUT2D eigenvalue weighted by molar-refractivity contribution is -0.146. The van der Waals surface area contributed by atoms with Crippen LogP contribution in [0.25, 0.3) is 21.9 Å². The molecule has 2 heterocycles. The van der Waals surface area contributed by atoms with Crippen molar-refractivity contribution in [3.8, 4) is 0 Å². The number of aromatic nitrogens is 3. The number of hydrogen-bond donors (Lipinski definition) is 0. The molecule has 3 aromatic rings. The maximum absolute atomic E-state index is 13.2. The summed E-state index contributed by atoms with van der Waals surface area (Å²) < 4.78 is 40.9. The number of halogens is 3. The van der Waals surface area contributed by atoms with Gasteiger partial charge < -0.3 is 4.57 Å². The number of aryl methyl sites for hydroxylation is 1. The van der Waals surface area contributed by atoms with E-state index in [0.29, 0.717) is 29.5 Å². The fourth-order valence-electron chi connectivity index (χ4n) is 2.49. The van der Waals surface area contributed by atoms with Gasteiger partial charge >= 0.3 is 6.18 Å². The molecule has 0 fully saturated rings. The highest BCUT2D eigenvalue weighted by Gasteiger charge is 2.37. The monoisotopic (exact) mass is 293 g/mol. The predicted molar refractivity (Wildman–Crippen MR) is 74.9 cm³/mol. The van der Waals surface area contributed by atoms with Gasteiger partial charge in [0.2, 0.25) is 5.82 Å². The first kappa shape index (κ1) is 13.9. The van der Waals surface area contributed by atoms with Crippen molar-refractivity contribution >= 4 is 21.9 Å². The summed E-state index contributed by atoms with van der Waals surface area (Å²) in [5.41, 5.74) is 1.31. The number of imidazole rings is 1. The fourth-order valence-corrected chi connectivity index (χ4v) is 2.49. The summed E-state index contributed by atoms with van der Waals surface area (Å²) in [6.45, 7) is 2.25. The molecule has 0 atom stereocenters. The summed E-state index contributed by atoms with van der Waals surface area (Å²) >= 11 is 0. The van der Waals surface area contributed by atoms with E-state index in [-0.39, 0.29) is 0 Å². The molecule has 0 N–H and O–H groups in total. The summed E-state index contributed by atoms with van der Waals surface area (Å²) in [6.07, 6.45) is -1.40. The molecule has 0 spiro atoms. The van der Waals surface area contributed by atoms with Crippen LogP contribution in [0.3, 0.4) is 0 Å². The molecule has 0 aliphatic heterocycles. The largest absolute Gasteiger partial charge is 0.449 e. The van der Waals surface area contributed by atoms with Crippen LogP contribution in [0.1, 0.15) is 25.6 Å². The van der Waals surface area contributed by atoms with Gasteiger partial charge in [0.15, 0.2) is 0 Å². The molecule has 6 heteroatoms. The third-order valence-corrected chi connectivity index (χ3v) is 3.48. The summed E-state index contributed by atoms with van der Waals surface area (Å²) in [5.74, 6) is -0.843. The first-order valence-electron chi connectivity index (χ1n) is 6.83. The van der Waals surface area contributed by atoms with Gasteiger partial charge in [0.25, 0.3) is 0 Å². The van der Waals surface area contributed by atoms with E-state index >= 15 is 0 Å². The van der Waals surface area contributed by atoms with E-state index in [9.17, 15) is 13.2 Å². The first-order chi connectivity index (χ1) is 10.0. The molecule has 0 saturated heterocycles. The lowest BCUT2D eigenvalue weighted by Crippen LogP contribution is -2.15. The Morgan fingerprint density at radius 3 is 2.67 bits per heavy atom. The van der Waals surface area contributed by atoms with E-state index in [1.165, 1.54) is 4.57 Å². The Bertz CT molecular complexity index is 790. The number of alkyl halides is 3. The van der Waals surface area contributed by atoms with Crippen LogP contribution in [-0.4, -0.2) is 14.5 Å². The van der Waals surface area contributed by atoms with Gasteiger partial charge in [-0.1, -0.05) is 25.5 Å². The average molecular weight is 293 g/mol. The lowest BCUT2D eigenvalue weighted by Gasteiger charge is -2.10. The number of fused-ring (bicyclic) bond motifs is 3. The quantitative estimate of drug-likeness (QED) is 0.716. The zero-order chi connectivity index (χ0) is 15.0. The fraction of sp³-hybridized carbons (Fsp3) is 0.333. The second kappa shape index (κ2) is 5.02. The SMILES string of the molecule is CCCCn1c(C(F)(F)F)nc2c3ncccc3ccc21. The minimum Gasteiger partial charge on any atom is -0.320 e. The number of rotatable bonds is 3.